The van der Waals surface area contributed by atoms with Crippen molar-refractivity contribution in [3.05, 3.63) is 93.3 Å². The molecule has 184 valence electrons. The predicted molar refractivity (Wildman–Crippen MR) is 142 cm³/mol. The number of carbonyl (C=O) groups is 2. The second-order valence-electron chi connectivity index (χ2n) is 9.26. The first-order chi connectivity index (χ1) is 17.3. The normalized spacial score (nSPS) is 17.4. The Hall–Kier alpha value is -3.84. The molecule has 36 heavy (non-hydrogen) atoms. The van der Waals surface area contributed by atoms with Gasteiger partial charge in [0.1, 0.15) is 11.5 Å². The van der Waals surface area contributed by atoms with Crippen LogP contribution < -0.4 is 4.74 Å². The fraction of sp³-hybridized carbons (Fsp3) is 0.241. The van der Waals surface area contributed by atoms with E-state index in [4.69, 9.17) is 4.74 Å². The average Bonchev–Trinajstić information content (AvgIpc) is 3.54. The SMILES string of the molecule is Cc1ccsc1C1/C(=C(/O)c2cccc(OC(C)C)c2)C(=O)C(=O)N1CCc1c[nH]c2ccccc12. The Morgan fingerprint density at radius 1 is 1.14 bits per heavy atom. The van der Waals surface area contributed by atoms with Crippen molar-refractivity contribution in [2.75, 3.05) is 6.54 Å². The second-order valence-corrected chi connectivity index (χ2v) is 10.2. The van der Waals surface area contributed by atoms with Gasteiger partial charge >= 0.3 is 0 Å². The van der Waals surface area contributed by atoms with Gasteiger partial charge in [-0.1, -0.05) is 30.3 Å². The number of aromatic nitrogens is 1. The summed E-state index contributed by atoms with van der Waals surface area (Å²) in [4.78, 5) is 32.4. The molecule has 6 nitrogen and oxygen atoms in total. The molecular formula is C29H28N2O4S. The van der Waals surface area contributed by atoms with Crippen LogP contribution in [-0.2, 0) is 16.0 Å². The number of ketones is 1. The van der Waals surface area contributed by atoms with Gasteiger partial charge in [0.15, 0.2) is 0 Å². The number of aryl methyl sites for hydroxylation is 1. The third kappa shape index (κ3) is 4.31. The molecule has 5 rings (SSSR count). The van der Waals surface area contributed by atoms with Crippen LogP contribution in [0.1, 0.15) is 41.5 Å². The number of ether oxygens (including phenoxy) is 1. The van der Waals surface area contributed by atoms with E-state index < -0.39 is 17.7 Å². The predicted octanol–water partition coefficient (Wildman–Crippen LogP) is 5.99. The van der Waals surface area contributed by atoms with E-state index in [0.29, 0.717) is 24.3 Å². The number of thiophene rings is 1. The van der Waals surface area contributed by atoms with Crippen LogP contribution in [0.25, 0.3) is 16.7 Å². The van der Waals surface area contributed by atoms with Gasteiger partial charge < -0.3 is 19.7 Å². The molecule has 1 saturated heterocycles. The molecule has 0 saturated carbocycles. The third-order valence-corrected chi connectivity index (χ3v) is 7.54. The van der Waals surface area contributed by atoms with Gasteiger partial charge in [-0.2, -0.15) is 0 Å². The highest BCUT2D eigenvalue weighted by Crippen LogP contribution is 2.43. The molecule has 0 bridgehead atoms. The molecule has 0 aliphatic carbocycles. The first-order valence-corrected chi connectivity index (χ1v) is 12.9. The number of likely N-dealkylation sites (tertiary alicyclic amines) is 1. The number of Topliss-reactive ketones (excluding diaryl/α,β-unsaturated/α-hetero) is 1. The summed E-state index contributed by atoms with van der Waals surface area (Å²) in [6.45, 7) is 6.15. The number of aliphatic hydroxyl groups excluding tert-OH is 1. The molecule has 1 atom stereocenters. The van der Waals surface area contributed by atoms with Crippen molar-refractivity contribution in [3.63, 3.8) is 0 Å². The van der Waals surface area contributed by atoms with E-state index in [1.807, 2.05) is 62.7 Å². The number of fused-ring (bicyclic) bond motifs is 1. The van der Waals surface area contributed by atoms with Gasteiger partial charge in [-0.3, -0.25) is 9.59 Å². The fourth-order valence-corrected chi connectivity index (χ4v) is 5.82. The number of hydrogen-bond donors (Lipinski definition) is 2. The molecule has 2 aromatic heterocycles. The van der Waals surface area contributed by atoms with Crippen molar-refractivity contribution in [3.8, 4) is 5.75 Å². The van der Waals surface area contributed by atoms with E-state index in [-0.39, 0.29) is 17.4 Å². The Balaban J connectivity index is 1.55. The lowest BCUT2D eigenvalue weighted by atomic mass is 9.98. The standard InChI is InChI=1S/C29H28N2O4S/c1-17(2)35-21-8-6-7-19(15-21)26(32)24-25(28-18(3)12-14-36-28)31(29(34)27(24)33)13-11-20-16-30-23-10-5-4-9-22(20)23/h4-10,12,14-17,25,30,32H,11,13H2,1-3H3/b26-24-. The lowest BCUT2D eigenvalue weighted by molar-refractivity contribution is -0.139. The Morgan fingerprint density at radius 3 is 2.69 bits per heavy atom. The van der Waals surface area contributed by atoms with E-state index in [0.717, 1.165) is 26.9 Å². The molecule has 1 aliphatic rings. The first-order valence-electron chi connectivity index (χ1n) is 12.0. The van der Waals surface area contributed by atoms with Crippen LogP contribution in [0.2, 0.25) is 0 Å². The summed E-state index contributed by atoms with van der Waals surface area (Å²) in [5.41, 5.74) is 3.65. The molecule has 0 spiro atoms. The van der Waals surface area contributed by atoms with Crippen LogP contribution in [-0.4, -0.2) is 39.3 Å². The van der Waals surface area contributed by atoms with Crippen molar-refractivity contribution >= 4 is 39.7 Å². The Bertz CT molecular complexity index is 1480. The smallest absolute Gasteiger partial charge is 0.295 e. The molecule has 1 fully saturated rings. The second kappa shape index (κ2) is 9.66. The van der Waals surface area contributed by atoms with Crippen LogP contribution in [0.4, 0.5) is 0 Å². The highest BCUT2D eigenvalue weighted by atomic mass is 32.1. The van der Waals surface area contributed by atoms with Gasteiger partial charge in [-0.05, 0) is 68.0 Å². The van der Waals surface area contributed by atoms with E-state index in [9.17, 15) is 14.7 Å². The molecule has 0 radical (unpaired) electrons. The maximum absolute atomic E-state index is 13.3. The Kier molecular flexibility index (Phi) is 6.41. The largest absolute Gasteiger partial charge is 0.507 e. The quantitative estimate of drug-likeness (QED) is 0.186. The maximum atomic E-state index is 13.3. The van der Waals surface area contributed by atoms with Gasteiger partial charge in [-0.25, -0.2) is 0 Å². The number of para-hydroxylation sites is 1. The van der Waals surface area contributed by atoms with Crippen LogP contribution >= 0.6 is 11.3 Å². The Morgan fingerprint density at radius 2 is 1.94 bits per heavy atom. The summed E-state index contributed by atoms with van der Waals surface area (Å²) < 4.78 is 5.77. The molecule has 1 aliphatic heterocycles. The van der Waals surface area contributed by atoms with Gasteiger partial charge in [-0.15, -0.1) is 11.3 Å². The zero-order valence-electron chi connectivity index (χ0n) is 20.4. The van der Waals surface area contributed by atoms with E-state index in [1.54, 1.807) is 29.2 Å². The molecule has 1 unspecified atom stereocenters. The fourth-order valence-electron chi connectivity index (χ4n) is 4.77. The van der Waals surface area contributed by atoms with Gasteiger partial charge in [0.05, 0.1) is 17.7 Å². The minimum atomic E-state index is -0.667. The zero-order valence-corrected chi connectivity index (χ0v) is 21.3. The van der Waals surface area contributed by atoms with Crippen LogP contribution in [0.5, 0.6) is 5.75 Å². The number of nitrogens with zero attached hydrogens (tertiary/aromatic N) is 1. The van der Waals surface area contributed by atoms with E-state index in [2.05, 4.69) is 4.98 Å². The van der Waals surface area contributed by atoms with Crippen LogP contribution in [0.3, 0.4) is 0 Å². The molecular weight excluding hydrogens is 472 g/mol. The van der Waals surface area contributed by atoms with Gasteiger partial charge in [0, 0.05) is 34.1 Å². The molecule has 3 heterocycles. The third-order valence-electron chi connectivity index (χ3n) is 6.47. The summed E-state index contributed by atoms with van der Waals surface area (Å²) in [5, 5.41) is 14.4. The minimum absolute atomic E-state index is 0.0359. The highest BCUT2D eigenvalue weighted by molar-refractivity contribution is 7.10. The number of carbonyl (C=O) groups excluding carboxylic acids is 2. The summed E-state index contributed by atoms with van der Waals surface area (Å²) in [5.74, 6) is -0.857. The molecule has 4 aromatic rings. The van der Waals surface area contributed by atoms with Gasteiger partial charge in [0.25, 0.3) is 11.7 Å². The number of amides is 1. The summed E-state index contributed by atoms with van der Waals surface area (Å²) in [6.07, 6.45) is 2.49. The van der Waals surface area contributed by atoms with Crippen LogP contribution in [0.15, 0.2) is 71.7 Å². The lowest BCUT2D eigenvalue weighted by Gasteiger charge is -2.25. The summed E-state index contributed by atoms with van der Waals surface area (Å²) in [7, 11) is 0. The zero-order chi connectivity index (χ0) is 25.4. The van der Waals surface area contributed by atoms with Crippen molar-refractivity contribution in [2.24, 2.45) is 0 Å². The van der Waals surface area contributed by atoms with Crippen LogP contribution in [0, 0.1) is 6.92 Å². The lowest BCUT2D eigenvalue weighted by Crippen LogP contribution is -2.31. The van der Waals surface area contributed by atoms with Crippen molar-refractivity contribution < 1.29 is 19.4 Å². The Labute approximate surface area is 213 Å². The highest BCUT2D eigenvalue weighted by Gasteiger charge is 2.46. The number of aliphatic hydroxyl groups is 1. The number of nitrogens with one attached hydrogen (secondary N) is 1. The number of rotatable bonds is 7. The van der Waals surface area contributed by atoms with Crippen molar-refractivity contribution in [2.45, 2.75) is 39.3 Å². The molecule has 1 amide bonds. The van der Waals surface area contributed by atoms with Crippen molar-refractivity contribution in [1.29, 1.82) is 0 Å². The summed E-state index contributed by atoms with van der Waals surface area (Å²) in [6, 6.07) is 16.3. The monoisotopic (exact) mass is 500 g/mol. The number of benzene rings is 2. The maximum Gasteiger partial charge on any atom is 0.295 e. The minimum Gasteiger partial charge on any atom is -0.507 e. The number of aromatic amines is 1. The molecule has 2 N–H and O–H groups in total. The number of hydrogen-bond acceptors (Lipinski definition) is 5. The average molecular weight is 501 g/mol. The first kappa shape index (κ1) is 23.9. The number of H-pyrrole nitrogens is 1. The van der Waals surface area contributed by atoms with Crippen molar-refractivity contribution in [1.82, 2.24) is 9.88 Å². The molecule has 7 heteroatoms. The van der Waals surface area contributed by atoms with E-state index >= 15 is 0 Å². The molecule has 2 aromatic carbocycles. The summed E-state index contributed by atoms with van der Waals surface area (Å²) >= 11 is 1.49. The topological polar surface area (TPSA) is 82.6 Å². The van der Waals surface area contributed by atoms with Gasteiger partial charge in [0.2, 0.25) is 0 Å². The van der Waals surface area contributed by atoms with E-state index in [1.165, 1.54) is 11.3 Å².